The Kier molecular flexibility index (Phi) is 3.09. The van der Waals surface area contributed by atoms with Gasteiger partial charge in [0, 0.05) is 6.21 Å². The Morgan fingerprint density at radius 3 is 2.67 bits per heavy atom. The van der Waals surface area contributed by atoms with Crippen LogP contribution in [0.15, 0.2) is 6.20 Å². The fourth-order valence-corrected chi connectivity index (χ4v) is 1.34. The highest BCUT2D eigenvalue weighted by molar-refractivity contribution is 7.46. The number of nitrogens with zero attached hydrogens (tertiary/aromatic N) is 1. The maximum absolute atomic E-state index is 10.6. The van der Waals surface area contributed by atoms with Gasteiger partial charge in [0.15, 0.2) is 5.75 Å². The number of rotatable bonds is 3. The largest absolute Gasteiger partial charge is 0.524 e. The summed E-state index contributed by atoms with van der Waals surface area (Å²) in [6.45, 7) is 1.49. The molecule has 8 heteroatoms. The van der Waals surface area contributed by atoms with E-state index in [0.717, 1.165) is 12.4 Å². The van der Waals surface area contributed by atoms with Crippen LogP contribution in [-0.4, -0.2) is 26.1 Å². The molecular formula is C7H9N2O5P. The minimum Gasteiger partial charge on any atom is -0.505 e. The predicted molar refractivity (Wildman–Crippen MR) is 51.2 cm³/mol. The first-order valence-corrected chi connectivity index (χ1v) is 5.32. The lowest BCUT2D eigenvalue weighted by Gasteiger charge is -2.10. The Bertz CT molecular complexity index is 441. The zero-order valence-corrected chi connectivity index (χ0v) is 8.60. The van der Waals surface area contributed by atoms with Crippen molar-refractivity contribution in [2.45, 2.75) is 6.92 Å². The number of aromatic hydroxyl groups is 1. The normalized spacial score (nSPS) is 11.1. The monoisotopic (exact) mass is 232 g/mol. The summed E-state index contributed by atoms with van der Waals surface area (Å²) in [5.41, 5.74) is 0.123. The number of aryl methyl sites for hydroxylation is 1. The smallest absolute Gasteiger partial charge is 0.505 e. The average Bonchev–Trinajstić information content (AvgIpc) is 2.10. The van der Waals surface area contributed by atoms with Gasteiger partial charge in [0.25, 0.3) is 0 Å². The molecule has 0 aliphatic heterocycles. The van der Waals surface area contributed by atoms with E-state index in [2.05, 4.69) is 9.51 Å². The second-order valence-electron chi connectivity index (χ2n) is 2.70. The first kappa shape index (κ1) is 11.6. The molecule has 0 saturated heterocycles. The molecule has 1 rings (SSSR count). The third kappa shape index (κ3) is 2.76. The van der Waals surface area contributed by atoms with Gasteiger partial charge in [0.1, 0.15) is 5.75 Å². The molecule has 0 fully saturated rings. The molecule has 15 heavy (non-hydrogen) atoms. The molecule has 0 aliphatic rings. The van der Waals surface area contributed by atoms with Crippen molar-refractivity contribution in [3.8, 4) is 11.5 Å². The lowest BCUT2D eigenvalue weighted by atomic mass is 10.2. The van der Waals surface area contributed by atoms with Crippen LogP contribution >= 0.6 is 7.82 Å². The summed E-state index contributed by atoms with van der Waals surface area (Å²) in [4.78, 5) is 20.8. The Morgan fingerprint density at radius 1 is 1.60 bits per heavy atom. The molecule has 0 bridgehead atoms. The minimum atomic E-state index is -4.72. The SMILES string of the molecule is Cc1ncc(OP(=O)(O)O)c(C=N)c1O. The summed E-state index contributed by atoms with van der Waals surface area (Å²) in [6, 6.07) is 0. The van der Waals surface area contributed by atoms with Crippen LogP contribution < -0.4 is 4.52 Å². The average molecular weight is 232 g/mol. The fraction of sp³-hybridized carbons (Fsp3) is 0.143. The van der Waals surface area contributed by atoms with E-state index < -0.39 is 7.82 Å². The summed E-state index contributed by atoms with van der Waals surface area (Å²) >= 11 is 0. The van der Waals surface area contributed by atoms with E-state index in [1.165, 1.54) is 6.92 Å². The van der Waals surface area contributed by atoms with Gasteiger partial charge < -0.3 is 15.0 Å². The summed E-state index contributed by atoms with van der Waals surface area (Å²) in [5.74, 6) is -0.669. The van der Waals surface area contributed by atoms with E-state index in [-0.39, 0.29) is 22.8 Å². The van der Waals surface area contributed by atoms with Crippen molar-refractivity contribution < 1.29 is 24.0 Å². The van der Waals surface area contributed by atoms with Gasteiger partial charge in [-0.2, -0.15) is 0 Å². The molecule has 1 aromatic heterocycles. The number of nitrogens with one attached hydrogen (secondary N) is 1. The van der Waals surface area contributed by atoms with Gasteiger partial charge in [0.05, 0.1) is 17.5 Å². The highest BCUT2D eigenvalue weighted by Crippen LogP contribution is 2.40. The van der Waals surface area contributed by atoms with Crippen molar-refractivity contribution in [1.29, 1.82) is 5.41 Å². The number of phosphoric acid groups is 1. The third-order valence-electron chi connectivity index (χ3n) is 1.60. The summed E-state index contributed by atoms with van der Waals surface area (Å²) in [5, 5.41) is 16.4. The quantitative estimate of drug-likeness (QED) is 0.446. The molecule has 0 unspecified atom stereocenters. The van der Waals surface area contributed by atoms with Crippen molar-refractivity contribution in [2.24, 2.45) is 0 Å². The summed E-state index contributed by atoms with van der Waals surface area (Å²) in [7, 11) is -4.72. The Hall–Kier alpha value is -1.43. The van der Waals surface area contributed by atoms with Crippen molar-refractivity contribution in [1.82, 2.24) is 4.98 Å². The molecule has 4 N–H and O–H groups in total. The molecule has 82 valence electrons. The Balaban J connectivity index is 3.25. The zero-order valence-electron chi connectivity index (χ0n) is 7.71. The van der Waals surface area contributed by atoms with Gasteiger partial charge in [-0.05, 0) is 6.92 Å². The highest BCUT2D eigenvalue weighted by Gasteiger charge is 2.20. The van der Waals surface area contributed by atoms with E-state index in [9.17, 15) is 9.67 Å². The molecule has 0 aromatic carbocycles. The zero-order chi connectivity index (χ0) is 11.6. The van der Waals surface area contributed by atoms with Crippen LogP contribution in [0.1, 0.15) is 11.3 Å². The van der Waals surface area contributed by atoms with Crippen LogP contribution in [-0.2, 0) is 4.57 Å². The van der Waals surface area contributed by atoms with Crippen LogP contribution in [0, 0.1) is 12.3 Å². The van der Waals surface area contributed by atoms with Gasteiger partial charge in [-0.25, -0.2) is 4.57 Å². The second-order valence-corrected chi connectivity index (χ2v) is 3.86. The van der Waals surface area contributed by atoms with Crippen LogP contribution in [0.4, 0.5) is 0 Å². The van der Waals surface area contributed by atoms with Crippen LogP contribution in [0.5, 0.6) is 11.5 Å². The molecule has 0 radical (unpaired) electrons. The number of pyridine rings is 1. The number of aromatic nitrogens is 1. The first-order valence-electron chi connectivity index (χ1n) is 3.79. The molecule has 0 aliphatic carbocycles. The predicted octanol–water partition coefficient (Wildman–Crippen LogP) is 0.565. The molecule has 0 saturated carbocycles. The fourth-order valence-electron chi connectivity index (χ4n) is 0.938. The van der Waals surface area contributed by atoms with Crippen molar-refractivity contribution in [3.63, 3.8) is 0 Å². The van der Waals surface area contributed by atoms with E-state index in [1.807, 2.05) is 0 Å². The Morgan fingerprint density at radius 2 is 2.20 bits per heavy atom. The topological polar surface area (TPSA) is 124 Å². The standard InChI is InChI=1S/C7H9N2O5P/c1-4-7(10)5(2-8)6(3-9-4)14-15(11,12)13/h2-3,8,10H,1H3,(H2,11,12,13). The minimum absolute atomic E-state index is 0.120. The van der Waals surface area contributed by atoms with Crippen molar-refractivity contribution in [3.05, 3.63) is 17.5 Å². The van der Waals surface area contributed by atoms with Gasteiger partial charge in [0.2, 0.25) is 0 Å². The summed E-state index contributed by atoms with van der Waals surface area (Å²) in [6.07, 6.45) is 1.77. The highest BCUT2D eigenvalue weighted by atomic mass is 31.2. The maximum Gasteiger partial charge on any atom is 0.524 e. The second kappa shape index (κ2) is 3.98. The van der Waals surface area contributed by atoms with E-state index >= 15 is 0 Å². The molecular weight excluding hydrogens is 223 g/mol. The molecule has 0 atom stereocenters. The maximum atomic E-state index is 10.6. The number of hydrogen-bond donors (Lipinski definition) is 4. The van der Waals surface area contributed by atoms with Crippen LogP contribution in [0.2, 0.25) is 0 Å². The van der Waals surface area contributed by atoms with Crippen LogP contribution in [0.3, 0.4) is 0 Å². The van der Waals surface area contributed by atoms with Crippen LogP contribution in [0.25, 0.3) is 0 Å². The van der Waals surface area contributed by atoms with Gasteiger partial charge in [-0.1, -0.05) is 0 Å². The van der Waals surface area contributed by atoms with E-state index in [4.69, 9.17) is 15.2 Å². The first-order chi connectivity index (χ1) is 6.85. The lowest BCUT2D eigenvalue weighted by molar-refractivity contribution is 0.282. The van der Waals surface area contributed by atoms with E-state index in [1.54, 1.807) is 0 Å². The number of hydrogen-bond acceptors (Lipinski definition) is 5. The van der Waals surface area contributed by atoms with Crippen molar-refractivity contribution >= 4 is 14.0 Å². The summed E-state index contributed by atoms with van der Waals surface area (Å²) < 4.78 is 14.8. The van der Waals surface area contributed by atoms with E-state index in [0.29, 0.717) is 0 Å². The molecule has 1 aromatic rings. The van der Waals surface area contributed by atoms with Crippen molar-refractivity contribution in [2.75, 3.05) is 0 Å². The molecule has 1 heterocycles. The molecule has 0 spiro atoms. The van der Waals surface area contributed by atoms with Gasteiger partial charge in [-0.3, -0.25) is 14.8 Å². The van der Waals surface area contributed by atoms with Gasteiger partial charge >= 0.3 is 7.82 Å². The third-order valence-corrected chi connectivity index (χ3v) is 2.03. The Labute approximate surface area is 85.1 Å². The lowest BCUT2D eigenvalue weighted by Crippen LogP contribution is -1.97. The molecule has 0 amide bonds. The number of phosphoric ester groups is 1. The van der Waals surface area contributed by atoms with Gasteiger partial charge in [-0.15, -0.1) is 0 Å². The molecule has 7 nitrogen and oxygen atoms in total.